The molecule has 1 amide bonds. The van der Waals surface area contributed by atoms with E-state index in [2.05, 4.69) is 17.6 Å². The number of ether oxygens (including phenoxy) is 1. The van der Waals surface area contributed by atoms with Crippen molar-refractivity contribution in [3.8, 4) is 0 Å². The van der Waals surface area contributed by atoms with Crippen LogP contribution in [0.2, 0.25) is 0 Å². The quantitative estimate of drug-likeness (QED) is 0.769. The summed E-state index contributed by atoms with van der Waals surface area (Å²) >= 11 is 0. The number of hydrogen-bond acceptors (Lipinski definition) is 4. The van der Waals surface area contributed by atoms with Gasteiger partial charge in [0.05, 0.1) is 6.26 Å². The van der Waals surface area contributed by atoms with Crippen molar-refractivity contribution >= 4 is 6.09 Å². The number of nitrogens with one attached hydrogen (secondary N) is 2. The van der Waals surface area contributed by atoms with Crippen LogP contribution in [0.1, 0.15) is 37.5 Å². The molecule has 2 N–H and O–H groups in total. The maximum atomic E-state index is 11.8. The highest BCUT2D eigenvalue weighted by Gasteiger charge is 2.31. The van der Waals surface area contributed by atoms with Crippen LogP contribution in [0.4, 0.5) is 4.79 Å². The Bertz CT molecular complexity index is 636. The first-order valence-electron chi connectivity index (χ1n) is 8.94. The predicted octanol–water partition coefficient (Wildman–Crippen LogP) is 3.65. The van der Waals surface area contributed by atoms with E-state index in [1.54, 1.807) is 6.26 Å². The number of furan rings is 1. The van der Waals surface area contributed by atoms with Crippen molar-refractivity contribution in [2.45, 2.75) is 57.3 Å². The smallest absolute Gasteiger partial charge is 0.407 e. The van der Waals surface area contributed by atoms with Crippen LogP contribution in [0.3, 0.4) is 0 Å². The molecule has 1 saturated carbocycles. The maximum absolute atomic E-state index is 11.8. The van der Waals surface area contributed by atoms with Crippen LogP contribution in [0.5, 0.6) is 0 Å². The first-order valence-corrected chi connectivity index (χ1v) is 8.94. The summed E-state index contributed by atoms with van der Waals surface area (Å²) < 4.78 is 10.6. The fourth-order valence-corrected chi connectivity index (χ4v) is 3.10. The summed E-state index contributed by atoms with van der Waals surface area (Å²) in [7, 11) is 0. The van der Waals surface area contributed by atoms with Gasteiger partial charge >= 0.3 is 6.09 Å². The van der Waals surface area contributed by atoms with Gasteiger partial charge < -0.3 is 19.8 Å². The molecule has 1 atom stereocenters. The maximum Gasteiger partial charge on any atom is 0.407 e. The molecular formula is C20H26N2O3. The van der Waals surface area contributed by atoms with Gasteiger partial charge in [-0.1, -0.05) is 30.3 Å². The second-order valence-electron chi connectivity index (χ2n) is 6.76. The minimum atomic E-state index is -0.335. The largest absolute Gasteiger partial charge is 0.469 e. The highest BCUT2D eigenvalue weighted by Crippen LogP contribution is 2.21. The monoisotopic (exact) mass is 342 g/mol. The number of hydrogen-bond donors (Lipinski definition) is 2. The molecule has 25 heavy (non-hydrogen) atoms. The van der Waals surface area contributed by atoms with Gasteiger partial charge in [-0.15, -0.1) is 0 Å². The topological polar surface area (TPSA) is 63.5 Å². The molecule has 1 unspecified atom stereocenters. The second-order valence-corrected chi connectivity index (χ2v) is 6.76. The highest BCUT2D eigenvalue weighted by molar-refractivity contribution is 5.67. The van der Waals surface area contributed by atoms with E-state index in [1.165, 1.54) is 0 Å². The Balaban J connectivity index is 1.26. The Morgan fingerprint density at radius 1 is 1.20 bits per heavy atom. The summed E-state index contributed by atoms with van der Waals surface area (Å²) in [6.07, 6.45) is 5.27. The van der Waals surface area contributed by atoms with Crippen LogP contribution in [0.25, 0.3) is 0 Å². The summed E-state index contributed by atoms with van der Waals surface area (Å²) in [5, 5.41) is 6.53. The molecule has 0 aliphatic heterocycles. The average molecular weight is 342 g/mol. The number of carbonyl (C=O) groups is 1. The second kappa shape index (κ2) is 8.72. The normalized spacial score (nSPS) is 20.5. The fraction of sp³-hybridized carbons (Fsp3) is 0.450. The van der Waals surface area contributed by atoms with Gasteiger partial charge in [0.1, 0.15) is 12.4 Å². The SMILES string of the molecule is CC(CCc1ccco1)NC1CC(NC(=O)OCc2ccccc2)C1. The molecule has 1 aliphatic rings. The van der Waals surface area contributed by atoms with Crippen molar-refractivity contribution in [3.05, 3.63) is 60.1 Å². The van der Waals surface area contributed by atoms with Crippen LogP contribution in [0.15, 0.2) is 53.1 Å². The van der Waals surface area contributed by atoms with Crippen molar-refractivity contribution in [2.75, 3.05) is 0 Å². The van der Waals surface area contributed by atoms with E-state index in [4.69, 9.17) is 9.15 Å². The van der Waals surface area contributed by atoms with E-state index in [0.29, 0.717) is 18.7 Å². The lowest BCUT2D eigenvalue weighted by atomic mass is 9.86. The number of alkyl carbamates (subject to hydrolysis) is 1. The molecule has 1 fully saturated rings. The van der Waals surface area contributed by atoms with Crippen molar-refractivity contribution in [2.24, 2.45) is 0 Å². The van der Waals surface area contributed by atoms with Gasteiger partial charge in [0.2, 0.25) is 0 Å². The van der Waals surface area contributed by atoms with Gasteiger partial charge in [-0.05, 0) is 43.9 Å². The summed E-state index contributed by atoms with van der Waals surface area (Å²) in [6.45, 7) is 2.50. The molecule has 2 aromatic rings. The Morgan fingerprint density at radius 3 is 2.72 bits per heavy atom. The van der Waals surface area contributed by atoms with Gasteiger partial charge in [-0.25, -0.2) is 4.79 Å². The van der Waals surface area contributed by atoms with Gasteiger partial charge in [-0.2, -0.15) is 0 Å². The summed E-state index contributed by atoms with van der Waals surface area (Å²) in [5.41, 5.74) is 0.996. The van der Waals surface area contributed by atoms with Crippen molar-refractivity contribution in [1.29, 1.82) is 0 Å². The van der Waals surface area contributed by atoms with E-state index in [1.807, 2.05) is 42.5 Å². The first-order chi connectivity index (χ1) is 12.2. The molecule has 0 saturated heterocycles. The third-order valence-corrected chi connectivity index (χ3v) is 4.60. The van der Waals surface area contributed by atoms with Gasteiger partial charge in [0.15, 0.2) is 0 Å². The molecule has 1 aromatic heterocycles. The molecule has 1 aliphatic carbocycles. The first kappa shape index (κ1) is 17.5. The molecule has 1 aromatic carbocycles. The lowest BCUT2D eigenvalue weighted by molar-refractivity contribution is 0.124. The van der Waals surface area contributed by atoms with Crippen molar-refractivity contribution < 1.29 is 13.9 Å². The highest BCUT2D eigenvalue weighted by atomic mass is 16.5. The molecule has 0 spiro atoms. The summed E-state index contributed by atoms with van der Waals surface area (Å²) in [5.74, 6) is 1.03. The number of amides is 1. The molecule has 134 valence electrons. The van der Waals surface area contributed by atoms with E-state index >= 15 is 0 Å². The Hall–Kier alpha value is -2.27. The zero-order chi connectivity index (χ0) is 17.5. The Kier molecular flexibility index (Phi) is 6.12. The fourth-order valence-electron chi connectivity index (χ4n) is 3.10. The molecule has 5 nitrogen and oxygen atoms in total. The van der Waals surface area contributed by atoms with E-state index in [0.717, 1.165) is 37.0 Å². The number of rotatable bonds is 8. The lowest BCUT2D eigenvalue weighted by Gasteiger charge is -2.37. The minimum Gasteiger partial charge on any atom is -0.469 e. The third kappa shape index (κ3) is 5.64. The molecular weight excluding hydrogens is 316 g/mol. The molecule has 0 bridgehead atoms. The molecule has 5 heteroatoms. The summed E-state index contributed by atoms with van der Waals surface area (Å²) in [4.78, 5) is 11.8. The van der Waals surface area contributed by atoms with Gasteiger partial charge in [0.25, 0.3) is 0 Å². The van der Waals surface area contributed by atoms with E-state index in [-0.39, 0.29) is 12.1 Å². The molecule has 3 rings (SSSR count). The predicted molar refractivity (Wildman–Crippen MR) is 96.2 cm³/mol. The van der Waals surface area contributed by atoms with Crippen LogP contribution >= 0.6 is 0 Å². The van der Waals surface area contributed by atoms with E-state index < -0.39 is 0 Å². The van der Waals surface area contributed by atoms with Crippen LogP contribution in [-0.4, -0.2) is 24.2 Å². The Morgan fingerprint density at radius 2 is 2.00 bits per heavy atom. The van der Waals surface area contributed by atoms with Crippen LogP contribution < -0.4 is 10.6 Å². The molecule has 1 heterocycles. The minimum absolute atomic E-state index is 0.207. The lowest BCUT2D eigenvalue weighted by Crippen LogP contribution is -2.54. The number of carbonyl (C=O) groups excluding carboxylic acids is 1. The molecule has 0 radical (unpaired) electrons. The Labute approximate surface area is 148 Å². The van der Waals surface area contributed by atoms with Gasteiger partial charge in [-0.3, -0.25) is 0 Å². The summed E-state index contributed by atoms with van der Waals surface area (Å²) in [6, 6.07) is 14.7. The average Bonchev–Trinajstić information content (AvgIpc) is 3.11. The van der Waals surface area contributed by atoms with Crippen molar-refractivity contribution in [3.63, 3.8) is 0 Å². The zero-order valence-corrected chi connectivity index (χ0v) is 14.6. The number of benzene rings is 1. The van der Waals surface area contributed by atoms with E-state index in [9.17, 15) is 4.79 Å². The van der Waals surface area contributed by atoms with Gasteiger partial charge in [0, 0.05) is 24.5 Å². The number of aryl methyl sites for hydroxylation is 1. The van der Waals surface area contributed by atoms with Crippen molar-refractivity contribution in [1.82, 2.24) is 10.6 Å². The zero-order valence-electron chi connectivity index (χ0n) is 14.6. The van der Waals surface area contributed by atoms with Crippen LogP contribution in [0, 0.1) is 0 Å². The third-order valence-electron chi connectivity index (χ3n) is 4.60. The standard InChI is InChI=1S/C20H26N2O3/c1-15(9-10-19-8-5-11-24-19)21-17-12-18(13-17)22-20(23)25-14-16-6-3-2-4-7-16/h2-8,11,15,17-18,21H,9-10,12-14H2,1H3,(H,22,23). The van der Waals surface area contributed by atoms with Crippen LogP contribution in [-0.2, 0) is 17.8 Å².